The Labute approximate surface area is 259 Å². The Morgan fingerprint density at radius 1 is 1.20 bits per heavy atom. The van der Waals surface area contributed by atoms with Crippen LogP contribution in [0.15, 0.2) is 51.9 Å². The number of alkyl halides is 3. The van der Waals surface area contributed by atoms with E-state index in [0.717, 1.165) is 11.8 Å². The lowest BCUT2D eigenvalue weighted by Crippen LogP contribution is -2.46. The number of nitrogens with one attached hydrogen (secondary N) is 1. The van der Waals surface area contributed by atoms with Crippen molar-refractivity contribution in [3.63, 3.8) is 0 Å². The highest BCUT2D eigenvalue weighted by atomic mass is 79.9. The minimum Gasteiger partial charge on any atom is -0.391 e. The van der Waals surface area contributed by atoms with Crippen molar-refractivity contribution in [2.75, 3.05) is 11.9 Å². The van der Waals surface area contributed by atoms with E-state index in [1.54, 1.807) is 19.1 Å². The first kappa shape index (κ1) is 31.4. The predicted molar refractivity (Wildman–Crippen MR) is 161 cm³/mol. The fraction of sp³-hybridized carbons (Fsp3) is 0.367. The Kier molecular flexibility index (Phi) is 8.67. The molecule has 0 aliphatic carbocycles. The second-order valence-electron chi connectivity index (χ2n) is 10.8. The van der Waals surface area contributed by atoms with Crippen molar-refractivity contribution < 1.29 is 23.1 Å². The standard InChI is InChI=1S/C30H31BrF3N7O3/c1-5-21(42)14-36-26-9-7-20(13-35-26)40-28(44)22-11-17(3)39(15-25(22)37-29(40)41-18(4)10-16(2)38-41)27(43)19-6-8-24(31)23(12-19)30(32,33)34/h6-10,12-13,17,21,42H,5,11,14-15H2,1-4H3,(H,35,36). The molecule has 4 heterocycles. The number of aliphatic hydroxyl groups is 1. The topological polar surface area (TPSA) is 118 Å². The van der Waals surface area contributed by atoms with Crippen molar-refractivity contribution in [3.05, 3.63) is 91.2 Å². The van der Waals surface area contributed by atoms with Gasteiger partial charge >= 0.3 is 6.18 Å². The summed E-state index contributed by atoms with van der Waals surface area (Å²) in [5.41, 5.74) is 1.18. The fourth-order valence-corrected chi connectivity index (χ4v) is 5.63. The maximum Gasteiger partial charge on any atom is 0.417 e. The van der Waals surface area contributed by atoms with E-state index in [0.29, 0.717) is 41.4 Å². The summed E-state index contributed by atoms with van der Waals surface area (Å²) in [4.78, 5) is 38.3. The van der Waals surface area contributed by atoms with Gasteiger partial charge in [0.15, 0.2) is 0 Å². The van der Waals surface area contributed by atoms with Crippen LogP contribution in [0.1, 0.15) is 58.8 Å². The molecule has 10 nitrogen and oxygen atoms in total. The van der Waals surface area contributed by atoms with E-state index < -0.39 is 29.8 Å². The van der Waals surface area contributed by atoms with Crippen LogP contribution in [-0.2, 0) is 19.1 Å². The Balaban J connectivity index is 1.56. The number of hydrogen-bond donors (Lipinski definition) is 2. The largest absolute Gasteiger partial charge is 0.417 e. The summed E-state index contributed by atoms with van der Waals surface area (Å²) in [5, 5.41) is 17.5. The lowest BCUT2D eigenvalue weighted by Gasteiger charge is -2.34. The van der Waals surface area contributed by atoms with E-state index in [1.165, 1.54) is 32.5 Å². The van der Waals surface area contributed by atoms with E-state index in [-0.39, 0.29) is 34.5 Å². The van der Waals surface area contributed by atoms with Gasteiger partial charge in [0.1, 0.15) is 5.82 Å². The van der Waals surface area contributed by atoms with Gasteiger partial charge in [0, 0.05) is 33.9 Å². The Morgan fingerprint density at radius 3 is 2.57 bits per heavy atom. The molecule has 5 rings (SSSR count). The van der Waals surface area contributed by atoms with Crippen molar-refractivity contribution in [3.8, 4) is 11.6 Å². The molecule has 4 aromatic rings. The molecular formula is C30H31BrF3N7O3. The van der Waals surface area contributed by atoms with Crippen LogP contribution in [0.5, 0.6) is 0 Å². The number of hydrogen-bond acceptors (Lipinski definition) is 7. The van der Waals surface area contributed by atoms with Gasteiger partial charge in [-0.2, -0.15) is 18.3 Å². The number of carbonyl (C=O) groups is 1. The highest BCUT2D eigenvalue weighted by Gasteiger charge is 2.36. The first-order chi connectivity index (χ1) is 20.8. The maximum absolute atomic E-state index is 14.1. The number of aliphatic hydroxyl groups excluding tert-OH is 1. The van der Waals surface area contributed by atoms with E-state index >= 15 is 0 Å². The van der Waals surface area contributed by atoms with Gasteiger partial charge in [-0.3, -0.25) is 9.59 Å². The third kappa shape index (κ3) is 6.13. The minimum atomic E-state index is -4.64. The molecule has 2 unspecified atom stereocenters. The number of fused-ring (bicyclic) bond motifs is 1. The zero-order valence-corrected chi connectivity index (χ0v) is 26.1. The monoisotopic (exact) mass is 673 g/mol. The third-order valence-corrected chi connectivity index (χ3v) is 8.26. The lowest BCUT2D eigenvalue weighted by atomic mass is 9.98. The summed E-state index contributed by atoms with van der Waals surface area (Å²) >= 11 is 2.92. The highest BCUT2D eigenvalue weighted by molar-refractivity contribution is 9.10. The molecule has 2 N–H and O–H groups in total. The normalized spacial score (nSPS) is 15.7. The van der Waals surface area contributed by atoms with Crippen LogP contribution in [0.2, 0.25) is 0 Å². The molecule has 2 atom stereocenters. The number of benzene rings is 1. The first-order valence-corrected chi connectivity index (χ1v) is 14.8. The second kappa shape index (κ2) is 12.2. The molecule has 0 spiro atoms. The van der Waals surface area contributed by atoms with Crippen LogP contribution in [-0.4, -0.2) is 58.9 Å². The molecule has 0 saturated heterocycles. The van der Waals surface area contributed by atoms with Crippen molar-refractivity contribution in [2.45, 2.75) is 65.4 Å². The number of pyridine rings is 1. The Morgan fingerprint density at radius 2 is 1.95 bits per heavy atom. The van der Waals surface area contributed by atoms with Crippen LogP contribution < -0.4 is 10.9 Å². The van der Waals surface area contributed by atoms with Gasteiger partial charge in [-0.25, -0.2) is 19.2 Å². The Bertz CT molecular complexity index is 1770. The van der Waals surface area contributed by atoms with Gasteiger partial charge in [0.05, 0.1) is 41.5 Å². The number of anilines is 1. The molecular weight excluding hydrogens is 643 g/mol. The summed E-state index contributed by atoms with van der Waals surface area (Å²) in [6.45, 7) is 7.51. The van der Waals surface area contributed by atoms with Gasteiger partial charge in [0.25, 0.3) is 11.5 Å². The van der Waals surface area contributed by atoms with Crippen molar-refractivity contribution in [2.24, 2.45) is 0 Å². The van der Waals surface area contributed by atoms with Gasteiger partial charge < -0.3 is 15.3 Å². The van der Waals surface area contributed by atoms with E-state index in [1.807, 2.05) is 26.8 Å². The lowest BCUT2D eigenvalue weighted by molar-refractivity contribution is -0.138. The molecule has 0 saturated carbocycles. The SMILES string of the molecule is CCC(O)CNc1ccc(-n2c(-n3nc(C)cc3C)nc3c(c2=O)CC(C)N(C(=O)c2ccc(Br)c(C(F)(F)F)c2)C3)cn1. The zero-order chi connectivity index (χ0) is 31.9. The number of nitrogens with zero attached hydrogens (tertiary/aromatic N) is 6. The zero-order valence-electron chi connectivity index (χ0n) is 24.5. The molecule has 0 fully saturated rings. The number of carbonyl (C=O) groups excluding carboxylic acids is 1. The van der Waals surface area contributed by atoms with E-state index in [4.69, 9.17) is 4.98 Å². The highest BCUT2D eigenvalue weighted by Crippen LogP contribution is 2.36. The molecule has 0 bridgehead atoms. The summed E-state index contributed by atoms with van der Waals surface area (Å²) in [6, 6.07) is 8.13. The Hall–Kier alpha value is -4.04. The van der Waals surface area contributed by atoms with Crippen LogP contribution in [0, 0.1) is 13.8 Å². The summed E-state index contributed by atoms with van der Waals surface area (Å²) in [5.74, 6) is 0.116. The molecule has 1 aliphatic rings. The molecule has 0 radical (unpaired) electrons. The molecule has 3 aromatic heterocycles. The van der Waals surface area contributed by atoms with Gasteiger partial charge in [-0.05, 0) is 70.0 Å². The van der Waals surface area contributed by atoms with Gasteiger partial charge in [-0.1, -0.05) is 22.9 Å². The minimum absolute atomic E-state index is 0.0734. The first-order valence-electron chi connectivity index (χ1n) is 14.0. The molecule has 14 heteroatoms. The number of amides is 1. The van der Waals surface area contributed by atoms with E-state index in [9.17, 15) is 27.9 Å². The van der Waals surface area contributed by atoms with Crippen LogP contribution in [0.3, 0.4) is 0 Å². The summed E-state index contributed by atoms with van der Waals surface area (Å²) < 4.78 is 43.4. The summed E-state index contributed by atoms with van der Waals surface area (Å²) in [6.07, 6.45) is -2.90. The second-order valence-corrected chi connectivity index (χ2v) is 11.7. The number of aromatic nitrogens is 5. The molecule has 1 aliphatic heterocycles. The van der Waals surface area contributed by atoms with E-state index in [2.05, 4.69) is 31.3 Å². The number of aryl methyl sites for hydroxylation is 2. The van der Waals surface area contributed by atoms with Gasteiger partial charge in [0.2, 0.25) is 5.95 Å². The average molecular weight is 675 g/mol. The van der Waals surface area contributed by atoms with Crippen molar-refractivity contribution >= 4 is 27.7 Å². The number of halogens is 4. The summed E-state index contributed by atoms with van der Waals surface area (Å²) in [7, 11) is 0. The molecule has 44 heavy (non-hydrogen) atoms. The molecule has 1 amide bonds. The average Bonchev–Trinajstić information content (AvgIpc) is 3.32. The number of rotatable bonds is 7. The van der Waals surface area contributed by atoms with Crippen LogP contribution in [0.25, 0.3) is 11.6 Å². The molecule has 1 aromatic carbocycles. The van der Waals surface area contributed by atoms with Gasteiger partial charge in [-0.15, -0.1) is 0 Å². The fourth-order valence-electron chi connectivity index (χ4n) is 5.16. The smallest absolute Gasteiger partial charge is 0.391 e. The molecule has 232 valence electrons. The quantitative estimate of drug-likeness (QED) is 0.284. The van der Waals surface area contributed by atoms with Crippen molar-refractivity contribution in [1.82, 2.24) is 29.2 Å². The third-order valence-electron chi connectivity index (χ3n) is 7.57. The van der Waals surface area contributed by atoms with Crippen LogP contribution in [0.4, 0.5) is 19.0 Å². The van der Waals surface area contributed by atoms with Crippen LogP contribution >= 0.6 is 15.9 Å². The predicted octanol–water partition coefficient (Wildman–Crippen LogP) is 4.98. The maximum atomic E-state index is 14.1. The van der Waals surface area contributed by atoms with Crippen molar-refractivity contribution in [1.29, 1.82) is 0 Å².